The number of sulfonamides is 1. The number of hydrogen-bond donors (Lipinski definition) is 1. The summed E-state index contributed by atoms with van der Waals surface area (Å²) in [4.78, 5) is 12.7. The quantitative estimate of drug-likeness (QED) is 0.625. The Morgan fingerprint density at radius 3 is 2.55 bits per heavy atom. The summed E-state index contributed by atoms with van der Waals surface area (Å²) in [6, 6.07) is 9.74. The maximum Gasteiger partial charge on any atom is 0.248 e. The fraction of sp³-hybridized carbons (Fsp3) is 0.381. The first-order chi connectivity index (χ1) is 14.9. The number of nitrogens with zero attached hydrogens (tertiary/aromatic N) is 4. The SMILES string of the molecule is Cc1noc(C)c1S(=O)(=O)N1CCC(C(=O)NCc2cnn(-c3ccccc3)c2)CC1. The van der Waals surface area contributed by atoms with Crippen molar-refractivity contribution >= 4 is 15.9 Å². The summed E-state index contributed by atoms with van der Waals surface area (Å²) in [5.41, 5.74) is 2.20. The van der Waals surface area contributed by atoms with E-state index >= 15 is 0 Å². The highest BCUT2D eigenvalue weighted by atomic mass is 32.2. The number of aryl methyl sites for hydroxylation is 2. The van der Waals surface area contributed by atoms with E-state index in [1.165, 1.54) is 4.31 Å². The van der Waals surface area contributed by atoms with Crippen molar-refractivity contribution in [3.63, 3.8) is 0 Å². The maximum atomic E-state index is 12.9. The molecule has 0 saturated carbocycles. The molecule has 1 aromatic carbocycles. The molecular weight excluding hydrogens is 418 g/mol. The zero-order valence-corrected chi connectivity index (χ0v) is 18.3. The number of rotatable bonds is 6. The third kappa shape index (κ3) is 4.40. The zero-order chi connectivity index (χ0) is 22.0. The van der Waals surface area contributed by atoms with Crippen molar-refractivity contribution in [2.45, 2.75) is 38.1 Å². The van der Waals surface area contributed by atoms with E-state index in [1.807, 2.05) is 36.5 Å². The maximum absolute atomic E-state index is 12.9. The van der Waals surface area contributed by atoms with E-state index in [9.17, 15) is 13.2 Å². The van der Waals surface area contributed by atoms with Crippen molar-refractivity contribution in [1.82, 2.24) is 24.6 Å². The standard InChI is InChI=1S/C21H25N5O4S/c1-15-20(16(2)30-24-15)31(28,29)25-10-8-18(9-11-25)21(27)22-12-17-13-23-26(14-17)19-6-4-3-5-7-19/h3-7,13-14,18H,8-12H2,1-2H3,(H,22,27). The lowest BCUT2D eigenvalue weighted by molar-refractivity contribution is -0.126. The van der Waals surface area contributed by atoms with Gasteiger partial charge in [0.25, 0.3) is 0 Å². The highest BCUT2D eigenvalue weighted by molar-refractivity contribution is 7.89. The first kappa shape index (κ1) is 21.3. The summed E-state index contributed by atoms with van der Waals surface area (Å²) in [7, 11) is -3.67. The molecule has 1 N–H and O–H groups in total. The lowest BCUT2D eigenvalue weighted by Gasteiger charge is -2.30. The summed E-state index contributed by atoms with van der Waals surface area (Å²) in [5.74, 6) is -0.00412. The Morgan fingerprint density at radius 1 is 1.19 bits per heavy atom. The third-order valence-electron chi connectivity index (χ3n) is 5.51. The van der Waals surface area contributed by atoms with Crippen LogP contribution in [0.4, 0.5) is 0 Å². The molecule has 4 rings (SSSR count). The molecule has 0 unspecified atom stereocenters. The number of piperidine rings is 1. The monoisotopic (exact) mass is 443 g/mol. The van der Waals surface area contributed by atoms with Gasteiger partial charge in [-0.05, 0) is 38.8 Å². The van der Waals surface area contributed by atoms with Gasteiger partial charge in [0, 0.05) is 37.3 Å². The average Bonchev–Trinajstić information content (AvgIpc) is 3.39. The van der Waals surface area contributed by atoms with Crippen LogP contribution in [0.3, 0.4) is 0 Å². The van der Waals surface area contributed by atoms with Crippen LogP contribution in [0.15, 0.2) is 52.1 Å². The van der Waals surface area contributed by atoms with E-state index < -0.39 is 10.0 Å². The summed E-state index contributed by atoms with van der Waals surface area (Å²) in [6.45, 7) is 4.16. The molecule has 0 bridgehead atoms. The molecule has 164 valence electrons. The zero-order valence-electron chi connectivity index (χ0n) is 17.5. The molecule has 1 fully saturated rings. The Labute approximate surface area is 181 Å². The van der Waals surface area contributed by atoms with Gasteiger partial charge >= 0.3 is 0 Å². The normalized spacial score (nSPS) is 15.8. The van der Waals surface area contributed by atoms with E-state index in [2.05, 4.69) is 15.6 Å². The van der Waals surface area contributed by atoms with Crippen molar-refractivity contribution in [3.05, 3.63) is 59.7 Å². The van der Waals surface area contributed by atoms with Crippen molar-refractivity contribution < 1.29 is 17.7 Å². The molecule has 1 aliphatic heterocycles. The van der Waals surface area contributed by atoms with Crippen LogP contribution in [-0.4, -0.2) is 46.7 Å². The molecule has 0 radical (unpaired) electrons. The molecule has 10 heteroatoms. The lowest BCUT2D eigenvalue weighted by atomic mass is 9.97. The van der Waals surface area contributed by atoms with Crippen LogP contribution in [0.25, 0.3) is 5.69 Å². The Bertz CT molecular complexity index is 1140. The topological polar surface area (TPSA) is 110 Å². The number of hydrogen-bond acceptors (Lipinski definition) is 6. The summed E-state index contributed by atoms with van der Waals surface area (Å²) >= 11 is 0. The average molecular weight is 444 g/mol. The molecule has 31 heavy (non-hydrogen) atoms. The van der Waals surface area contributed by atoms with Gasteiger partial charge in [0.05, 0.1) is 11.9 Å². The Hall–Kier alpha value is -2.98. The van der Waals surface area contributed by atoms with Gasteiger partial charge in [-0.25, -0.2) is 13.1 Å². The van der Waals surface area contributed by atoms with Crippen LogP contribution in [-0.2, 0) is 21.4 Å². The molecular formula is C21H25N5O4S. The van der Waals surface area contributed by atoms with Gasteiger partial charge in [-0.2, -0.15) is 9.40 Å². The Morgan fingerprint density at radius 2 is 1.90 bits per heavy atom. The number of para-hydroxylation sites is 1. The molecule has 0 spiro atoms. The number of carbonyl (C=O) groups excluding carboxylic acids is 1. The molecule has 1 aliphatic rings. The van der Waals surface area contributed by atoms with E-state index in [1.54, 1.807) is 24.7 Å². The molecule has 3 aromatic rings. The minimum Gasteiger partial charge on any atom is -0.360 e. The fourth-order valence-electron chi connectivity index (χ4n) is 3.84. The Balaban J connectivity index is 1.31. The van der Waals surface area contributed by atoms with E-state index in [0.717, 1.165) is 11.3 Å². The van der Waals surface area contributed by atoms with Crippen LogP contribution < -0.4 is 5.32 Å². The minimum absolute atomic E-state index is 0.0677. The van der Waals surface area contributed by atoms with Gasteiger partial charge in [0.15, 0.2) is 5.76 Å². The van der Waals surface area contributed by atoms with Gasteiger partial charge in [0.1, 0.15) is 10.6 Å². The minimum atomic E-state index is -3.67. The number of carbonyl (C=O) groups is 1. The lowest BCUT2D eigenvalue weighted by Crippen LogP contribution is -2.43. The molecule has 2 aromatic heterocycles. The van der Waals surface area contributed by atoms with Crippen LogP contribution in [0, 0.1) is 19.8 Å². The number of nitrogens with one attached hydrogen (secondary N) is 1. The highest BCUT2D eigenvalue weighted by Gasteiger charge is 2.35. The molecule has 1 saturated heterocycles. The highest BCUT2D eigenvalue weighted by Crippen LogP contribution is 2.27. The van der Waals surface area contributed by atoms with Crippen LogP contribution >= 0.6 is 0 Å². The van der Waals surface area contributed by atoms with Crippen LogP contribution in [0.5, 0.6) is 0 Å². The summed E-state index contributed by atoms with van der Waals surface area (Å²) in [6.07, 6.45) is 4.55. The van der Waals surface area contributed by atoms with Gasteiger partial charge in [-0.15, -0.1) is 0 Å². The molecule has 3 heterocycles. The third-order valence-corrected chi connectivity index (χ3v) is 7.66. The predicted octanol–water partition coefficient (Wildman–Crippen LogP) is 2.19. The van der Waals surface area contributed by atoms with Gasteiger partial charge in [0.2, 0.25) is 15.9 Å². The van der Waals surface area contributed by atoms with Crippen LogP contribution in [0.1, 0.15) is 29.9 Å². The van der Waals surface area contributed by atoms with Crippen molar-refractivity contribution in [3.8, 4) is 5.69 Å². The first-order valence-electron chi connectivity index (χ1n) is 10.2. The van der Waals surface area contributed by atoms with E-state index in [4.69, 9.17) is 4.52 Å². The summed E-state index contributed by atoms with van der Waals surface area (Å²) in [5, 5.41) is 11.0. The largest absolute Gasteiger partial charge is 0.360 e. The second-order valence-corrected chi connectivity index (χ2v) is 9.55. The van der Waals surface area contributed by atoms with Gasteiger partial charge < -0.3 is 9.84 Å². The molecule has 1 amide bonds. The first-order valence-corrected chi connectivity index (χ1v) is 11.6. The van der Waals surface area contributed by atoms with Crippen LogP contribution in [0.2, 0.25) is 0 Å². The van der Waals surface area contributed by atoms with E-state index in [0.29, 0.717) is 25.1 Å². The van der Waals surface area contributed by atoms with Crippen molar-refractivity contribution in [1.29, 1.82) is 0 Å². The van der Waals surface area contributed by atoms with Gasteiger partial charge in [-0.3, -0.25) is 4.79 Å². The fourth-order valence-corrected chi connectivity index (χ4v) is 5.60. The molecule has 0 atom stereocenters. The number of aromatic nitrogens is 3. The van der Waals surface area contributed by atoms with E-state index in [-0.39, 0.29) is 35.6 Å². The molecule has 0 aliphatic carbocycles. The van der Waals surface area contributed by atoms with Gasteiger partial charge in [-0.1, -0.05) is 23.4 Å². The predicted molar refractivity (Wildman–Crippen MR) is 113 cm³/mol. The van der Waals surface area contributed by atoms with Crippen molar-refractivity contribution in [2.24, 2.45) is 5.92 Å². The number of amides is 1. The Kier molecular flexibility index (Phi) is 5.92. The number of benzene rings is 1. The van der Waals surface area contributed by atoms with Crippen molar-refractivity contribution in [2.75, 3.05) is 13.1 Å². The molecule has 9 nitrogen and oxygen atoms in total. The second-order valence-electron chi connectivity index (χ2n) is 7.68. The summed E-state index contributed by atoms with van der Waals surface area (Å²) < 4.78 is 34.0. The smallest absolute Gasteiger partial charge is 0.248 e. The second kappa shape index (κ2) is 8.64.